The number of nitrogens with two attached hydrogens (primary N) is 1. The fraction of sp³-hybridized carbons (Fsp3) is 0.250. The van der Waals surface area contributed by atoms with Gasteiger partial charge in [0.25, 0.3) is 0 Å². The number of carbonyl (C=O) groups excluding carboxylic acids is 1. The van der Waals surface area contributed by atoms with E-state index in [9.17, 15) is 4.79 Å². The van der Waals surface area contributed by atoms with Crippen molar-refractivity contribution in [1.82, 2.24) is 10.1 Å². The highest BCUT2D eigenvalue weighted by atomic mass is 35.5. The van der Waals surface area contributed by atoms with Crippen LogP contribution in [-0.4, -0.2) is 16.0 Å². The van der Waals surface area contributed by atoms with Crippen LogP contribution in [0.15, 0.2) is 28.9 Å². The first-order valence-electron chi connectivity index (χ1n) is 8.55. The molecule has 3 aromatic rings. The van der Waals surface area contributed by atoms with E-state index >= 15 is 0 Å². The van der Waals surface area contributed by atoms with Gasteiger partial charge in [0, 0.05) is 39.4 Å². The van der Waals surface area contributed by atoms with Crippen LogP contribution in [0.25, 0.3) is 16.0 Å². The molecule has 0 spiro atoms. The van der Waals surface area contributed by atoms with Gasteiger partial charge in [-0.05, 0) is 44.0 Å². The average Bonchev–Trinajstić information content (AvgIpc) is 3.08. The predicted molar refractivity (Wildman–Crippen MR) is 107 cm³/mol. The number of pyridine rings is 1. The van der Waals surface area contributed by atoms with Crippen molar-refractivity contribution < 1.29 is 9.32 Å². The number of rotatable bonds is 3. The Kier molecular flexibility index (Phi) is 4.40. The summed E-state index contributed by atoms with van der Waals surface area (Å²) in [4.78, 5) is 18.3. The summed E-state index contributed by atoms with van der Waals surface area (Å²) in [6, 6.07) is 3.71. The third-order valence-corrected chi connectivity index (χ3v) is 6.38. The molecule has 1 atom stereocenters. The van der Waals surface area contributed by atoms with Gasteiger partial charge in [-0.25, -0.2) is 4.98 Å². The molecule has 0 unspecified atom stereocenters. The zero-order chi connectivity index (χ0) is 19.3. The predicted octanol–water partition coefficient (Wildman–Crippen LogP) is 4.78. The molecule has 5 nitrogen and oxygen atoms in total. The molecule has 2 N–H and O–H groups in total. The molecule has 0 aliphatic heterocycles. The second-order valence-corrected chi connectivity index (χ2v) is 8.33. The lowest BCUT2D eigenvalue weighted by Gasteiger charge is -2.11. The zero-order valence-electron chi connectivity index (χ0n) is 15.2. The summed E-state index contributed by atoms with van der Waals surface area (Å²) in [7, 11) is 0. The van der Waals surface area contributed by atoms with Gasteiger partial charge < -0.3 is 10.3 Å². The second-order valence-electron chi connectivity index (χ2n) is 6.72. The molecule has 1 aliphatic carbocycles. The van der Waals surface area contributed by atoms with E-state index in [1.54, 1.807) is 23.6 Å². The Morgan fingerprint density at radius 2 is 2.07 bits per heavy atom. The highest BCUT2D eigenvalue weighted by molar-refractivity contribution is 7.16. The van der Waals surface area contributed by atoms with Crippen molar-refractivity contribution in [3.63, 3.8) is 0 Å². The van der Waals surface area contributed by atoms with Gasteiger partial charge in [0.15, 0.2) is 5.76 Å². The number of hydrogen-bond acceptors (Lipinski definition) is 5. The maximum atomic E-state index is 11.7. The van der Waals surface area contributed by atoms with Crippen molar-refractivity contribution in [3.05, 3.63) is 62.6 Å². The lowest BCUT2D eigenvalue weighted by molar-refractivity contribution is -0.118. The third kappa shape index (κ3) is 2.99. The first kappa shape index (κ1) is 17.9. The first-order chi connectivity index (χ1) is 12.9. The minimum atomic E-state index is -0.386. The molecule has 0 fully saturated rings. The second kappa shape index (κ2) is 6.62. The smallest absolute Gasteiger partial charge is 0.218 e. The lowest BCUT2D eigenvalue weighted by Crippen LogP contribution is -2.14. The number of amides is 1. The van der Waals surface area contributed by atoms with Crippen molar-refractivity contribution in [2.45, 2.75) is 33.1 Å². The van der Waals surface area contributed by atoms with Gasteiger partial charge in [-0.2, -0.15) is 0 Å². The summed E-state index contributed by atoms with van der Waals surface area (Å²) >= 11 is 7.69. The number of thiophene rings is 1. The minimum absolute atomic E-state index is 0.152. The summed E-state index contributed by atoms with van der Waals surface area (Å²) < 4.78 is 5.66. The van der Waals surface area contributed by atoms with Crippen LogP contribution in [0.4, 0.5) is 0 Å². The Hall–Kier alpha value is -2.44. The number of primary amides is 1. The van der Waals surface area contributed by atoms with E-state index in [0.717, 1.165) is 32.8 Å². The SMILES string of the molecule is Cc1noc2c1-c1sc(C)c(C)c1C(c1ccc(Cl)nc1)=C[C@H]2CC(N)=O. The molecular weight excluding hydrogens is 382 g/mol. The van der Waals surface area contributed by atoms with Crippen LogP contribution in [0.2, 0.25) is 5.15 Å². The monoisotopic (exact) mass is 399 g/mol. The number of allylic oxidation sites excluding steroid dienone is 1. The van der Waals surface area contributed by atoms with Crippen molar-refractivity contribution in [2.24, 2.45) is 5.73 Å². The molecule has 7 heteroatoms. The molecule has 0 saturated carbocycles. The summed E-state index contributed by atoms with van der Waals surface area (Å²) in [5.41, 5.74) is 11.6. The number of aryl methyl sites for hydroxylation is 2. The Labute approximate surface area is 165 Å². The molecule has 138 valence electrons. The van der Waals surface area contributed by atoms with Gasteiger partial charge in [0.1, 0.15) is 5.15 Å². The molecule has 1 aliphatic rings. The van der Waals surface area contributed by atoms with Crippen LogP contribution in [0.3, 0.4) is 0 Å². The van der Waals surface area contributed by atoms with Crippen LogP contribution in [0.1, 0.15) is 45.4 Å². The zero-order valence-corrected chi connectivity index (χ0v) is 16.7. The van der Waals surface area contributed by atoms with Crippen LogP contribution >= 0.6 is 22.9 Å². The number of fused-ring (bicyclic) bond motifs is 3. The molecular formula is C20H18ClN3O2S. The van der Waals surface area contributed by atoms with Gasteiger partial charge in [-0.15, -0.1) is 11.3 Å². The van der Waals surface area contributed by atoms with Crippen molar-refractivity contribution in [1.29, 1.82) is 0 Å². The molecule has 0 saturated heterocycles. The fourth-order valence-electron chi connectivity index (χ4n) is 3.55. The van der Waals surface area contributed by atoms with E-state index in [-0.39, 0.29) is 18.2 Å². The number of aromatic nitrogens is 2. The van der Waals surface area contributed by atoms with E-state index in [1.165, 1.54) is 10.4 Å². The molecule has 0 radical (unpaired) electrons. The number of hydrogen-bond donors (Lipinski definition) is 1. The summed E-state index contributed by atoms with van der Waals surface area (Å²) in [6.07, 6.45) is 3.95. The lowest BCUT2D eigenvalue weighted by atomic mass is 9.93. The van der Waals surface area contributed by atoms with Crippen LogP contribution in [-0.2, 0) is 4.79 Å². The molecule has 27 heavy (non-hydrogen) atoms. The van der Waals surface area contributed by atoms with Gasteiger partial charge in [0.2, 0.25) is 5.91 Å². The number of nitrogens with zero attached hydrogens (tertiary/aromatic N) is 2. The Morgan fingerprint density at radius 1 is 1.30 bits per heavy atom. The number of carbonyl (C=O) groups is 1. The van der Waals surface area contributed by atoms with E-state index in [0.29, 0.717) is 10.9 Å². The van der Waals surface area contributed by atoms with Crippen LogP contribution < -0.4 is 5.73 Å². The topological polar surface area (TPSA) is 82.0 Å². The molecule has 3 aromatic heterocycles. The Morgan fingerprint density at radius 3 is 2.74 bits per heavy atom. The Balaban J connectivity index is 2.04. The van der Waals surface area contributed by atoms with E-state index < -0.39 is 0 Å². The minimum Gasteiger partial charge on any atom is -0.370 e. The van der Waals surface area contributed by atoms with E-state index in [2.05, 4.69) is 24.0 Å². The van der Waals surface area contributed by atoms with Gasteiger partial charge in [-0.1, -0.05) is 22.8 Å². The van der Waals surface area contributed by atoms with Crippen molar-refractivity contribution in [2.75, 3.05) is 0 Å². The summed E-state index contributed by atoms with van der Waals surface area (Å²) in [5, 5.41) is 4.60. The van der Waals surface area contributed by atoms with Gasteiger partial charge in [0.05, 0.1) is 11.3 Å². The fourth-order valence-corrected chi connectivity index (χ4v) is 4.94. The maximum absolute atomic E-state index is 11.7. The first-order valence-corrected chi connectivity index (χ1v) is 9.75. The molecule has 0 aromatic carbocycles. The highest BCUT2D eigenvalue weighted by Gasteiger charge is 2.32. The normalized spacial score (nSPS) is 15.7. The van der Waals surface area contributed by atoms with Crippen LogP contribution in [0.5, 0.6) is 0 Å². The molecule has 3 heterocycles. The molecule has 1 amide bonds. The summed E-state index contributed by atoms with van der Waals surface area (Å²) in [5.74, 6) is 0.0115. The van der Waals surface area contributed by atoms with Crippen LogP contribution in [0, 0.1) is 20.8 Å². The number of halogens is 1. The van der Waals surface area contributed by atoms with Crippen molar-refractivity contribution in [3.8, 4) is 10.4 Å². The maximum Gasteiger partial charge on any atom is 0.218 e. The molecule has 4 rings (SSSR count). The average molecular weight is 400 g/mol. The summed E-state index contributed by atoms with van der Waals surface area (Å²) in [6.45, 7) is 6.14. The van der Waals surface area contributed by atoms with E-state index in [1.807, 2.05) is 19.1 Å². The Bertz CT molecular complexity index is 1080. The van der Waals surface area contributed by atoms with Crippen molar-refractivity contribution >= 4 is 34.4 Å². The largest absolute Gasteiger partial charge is 0.370 e. The quantitative estimate of drug-likeness (QED) is 0.642. The molecule has 0 bridgehead atoms. The third-order valence-electron chi connectivity index (χ3n) is 4.93. The van der Waals surface area contributed by atoms with Gasteiger partial charge in [-0.3, -0.25) is 4.79 Å². The standard InChI is InChI=1S/C20H18ClN3O2S/c1-9-11(3)27-20-17(9)14(12-4-5-15(21)23-8-12)6-13(7-16(22)25)19-18(20)10(2)24-26-19/h4-6,8,13H,7H2,1-3H3,(H2,22,25)/t13-/m0/s1. The van der Waals surface area contributed by atoms with Gasteiger partial charge >= 0.3 is 0 Å². The highest BCUT2D eigenvalue weighted by Crippen LogP contribution is 2.49. The van der Waals surface area contributed by atoms with E-state index in [4.69, 9.17) is 21.9 Å².